The maximum absolute atomic E-state index is 14.6. The van der Waals surface area contributed by atoms with Crippen molar-refractivity contribution in [2.24, 2.45) is 0 Å². The molecule has 1 atom stereocenters. The molecule has 174 valence electrons. The van der Waals surface area contributed by atoms with E-state index in [0.717, 1.165) is 16.7 Å². The van der Waals surface area contributed by atoms with Crippen molar-refractivity contribution >= 4 is 11.6 Å². The number of carbonyl (C=O) groups is 1. The molecule has 2 heterocycles. The molecule has 1 unspecified atom stereocenters. The van der Waals surface area contributed by atoms with Crippen molar-refractivity contribution in [1.29, 1.82) is 0 Å². The lowest BCUT2D eigenvalue weighted by Gasteiger charge is -2.31. The smallest absolute Gasteiger partial charge is 0.269 e. The van der Waals surface area contributed by atoms with E-state index in [-0.39, 0.29) is 22.6 Å². The lowest BCUT2D eigenvalue weighted by atomic mass is 9.85. The first-order valence-electron chi connectivity index (χ1n) is 11.4. The molecule has 0 radical (unpaired) electrons. The van der Waals surface area contributed by atoms with Crippen LogP contribution < -0.4 is 9.64 Å². The normalized spacial score (nSPS) is 18.5. The Balaban J connectivity index is 1.60. The SMILES string of the molecule is O=C1N(C(c2ccccc2)c2ccccc2)c2cc(F)ccc2C1(O)c1cc2c(cc1O)OCC2. The predicted octanol–water partition coefficient (Wildman–Crippen LogP) is 4.84. The van der Waals surface area contributed by atoms with Gasteiger partial charge in [-0.25, -0.2) is 4.39 Å². The van der Waals surface area contributed by atoms with E-state index in [1.807, 2.05) is 60.7 Å². The number of hydrogen-bond acceptors (Lipinski definition) is 4. The molecule has 0 fully saturated rings. The largest absolute Gasteiger partial charge is 0.507 e. The van der Waals surface area contributed by atoms with Gasteiger partial charge in [-0.1, -0.05) is 66.7 Å². The van der Waals surface area contributed by atoms with E-state index in [9.17, 15) is 19.4 Å². The molecule has 0 spiro atoms. The highest BCUT2D eigenvalue weighted by Crippen LogP contribution is 2.52. The highest BCUT2D eigenvalue weighted by atomic mass is 19.1. The predicted molar refractivity (Wildman–Crippen MR) is 129 cm³/mol. The first kappa shape index (κ1) is 21.4. The lowest BCUT2D eigenvalue weighted by Crippen LogP contribution is -2.43. The molecule has 0 saturated carbocycles. The second-order valence-corrected chi connectivity index (χ2v) is 8.85. The Kier molecular flexibility index (Phi) is 4.86. The third-order valence-electron chi connectivity index (χ3n) is 6.82. The van der Waals surface area contributed by atoms with Crippen LogP contribution in [0.15, 0.2) is 91.0 Å². The van der Waals surface area contributed by atoms with Crippen LogP contribution in [0.3, 0.4) is 0 Å². The van der Waals surface area contributed by atoms with Gasteiger partial charge in [-0.05, 0) is 34.9 Å². The minimum Gasteiger partial charge on any atom is -0.507 e. The van der Waals surface area contributed by atoms with Crippen molar-refractivity contribution in [3.8, 4) is 11.5 Å². The van der Waals surface area contributed by atoms with Gasteiger partial charge in [0.25, 0.3) is 5.91 Å². The Morgan fingerprint density at radius 3 is 2.20 bits per heavy atom. The number of fused-ring (bicyclic) bond motifs is 2. The minimum absolute atomic E-state index is 0.0574. The summed E-state index contributed by atoms with van der Waals surface area (Å²) in [6.45, 7) is 0.461. The minimum atomic E-state index is -2.20. The number of hydrogen-bond donors (Lipinski definition) is 2. The molecule has 4 aromatic carbocycles. The molecule has 35 heavy (non-hydrogen) atoms. The second-order valence-electron chi connectivity index (χ2n) is 8.85. The Morgan fingerprint density at radius 2 is 1.54 bits per heavy atom. The van der Waals surface area contributed by atoms with Gasteiger partial charge in [0, 0.05) is 23.6 Å². The second kappa shape index (κ2) is 7.96. The molecule has 0 saturated heterocycles. The number of benzene rings is 4. The molecule has 0 aliphatic carbocycles. The third kappa shape index (κ3) is 3.21. The quantitative estimate of drug-likeness (QED) is 0.451. The van der Waals surface area contributed by atoms with Crippen LogP contribution in [0.2, 0.25) is 0 Å². The first-order chi connectivity index (χ1) is 17.0. The standard InChI is InChI=1S/C29H22FNO4/c30-21-11-12-22-24(16-21)31(27(18-7-3-1-4-8-18)19-9-5-2-6-10-19)28(33)29(22,34)23-15-20-13-14-35-26(20)17-25(23)32/h1-12,15-17,27,32,34H,13-14H2. The molecule has 2 aliphatic heterocycles. The summed E-state index contributed by atoms with van der Waals surface area (Å²) < 4.78 is 20.1. The number of halogens is 1. The Hall–Kier alpha value is -4.16. The fraction of sp³-hybridized carbons (Fsp3) is 0.138. The van der Waals surface area contributed by atoms with Crippen molar-refractivity contribution in [3.63, 3.8) is 0 Å². The number of rotatable bonds is 4. The Bertz CT molecular complexity index is 1400. The van der Waals surface area contributed by atoms with Crippen molar-refractivity contribution in [2.45, 2.75) is 18.1 Å². The number of aliphatic hydroxyl groups is 1. The lowest BCUT2D eigenvalue weighted by molar-refractivity contribution is -0.132. The van der Waals surface area contributed by atoms with Gasteiger partial charge in [-0.15, -0.1) is 0 Å². The molecule has 1 amide bonds. The maximum Gasteiger partial charge on any atom is 0.269 e. The van der Waals surface area contributed by atoms with E-state index in [2.05, 4.69) is 0 Å². The fourth-order valence-electron chi connectivity index (χ4n) is 5.19. The van der Waals surface area contributed by atoms with Gasteiger partial charge in [0.05, 0.1) is 18.3 Å². The van der Waals surface area contributed by atoms with Crippen LogP contribution in [0.1, 0.15) is 33.9 Å². The summed E-state index contributed by atoms with van der Waals surface area (Å²) in [4.78, 5) is 15.7. The molecule has 4 aromatic rings. The molecular weight excluding hydrogens is 445 g/mol. The Morgan fingerprint density at radius 1 is 0.886 bits per heavy atom. The number of carbonyl (C=O) groups excluding carboxylic acids is 1. The highest BCUT2D eigenvalue weighted by Gasteiger charge is 2.55. The van der Waals surface area contributed by atoms with E-state index in [4.69, 9.17) is 4.74 Å². The Labute approximate surface area is 201 Å². The number of anilines is 1. The monoisotopic (exact) mass is 467 g/mol. The summed E-state index contributed by atoms with van der Waals surface area (Å²) in [6, 6.07) is 25.1. The van der Waals surface area contributed by atoms with Crippen molar-refractivity contribution in [3.05, 3.63) is 125 Å². The van der Waals surface area contributed by atoms with Crippen LogP contribution in [0.25, 0.3) is 0 Å². The van der Waals surface area contributed by atoms with Crippen LogP contribution in [-0.4, -0.2) is 22.7 Å². The number of amides is 1. The summed E-state index contributed by atoms with van der Waals surface area (Å²) >= 11 is 0. The highest BCUT2D eigenvalue weighted by molar-refractivity contribution is 6.10. The van der Waals surface area contributed by atoms with Crippen LogP contribution in [0, 0.1) is 5.82 Å². The number of nitrogens with zero attached hydrogens (tertiary/aromatic N) is 1. The fourth-order valence-corrected chi connectivity index (χ4v) is 5.19. The van der Waals surface area contributed by atoms with Crippen LogP contribution in [0.5, 0.6) is 11.5 Å². The maximum atomic E-state index is 14.6. The van der Waals surface area contributed by atoms with E-state index in [1.54, 1.807) is 6.07 Å². The number of phenolic OH excluding ortho intramolecular Hbond substituents is 1. The topological polar surface area (TPSA) is 70.0 Å². The zero-order chi connectivity index (χ0) is 24.2. The summed E-state index contributed by atoms with van der Waals surface area (Å²) in [5.74, 6) is -0.917. The molecule has 5 nitrogen and oxygen atoms in total. The summed E-state index contributed by atoms with van der Waals surface area (Å²) in [7, 11) is 0. The van der Waals surface area contributed by atoms with Gasteiger partial charge in [0.15, 0.2) is 5.60 Å². The zero-order valence-corrected chi connectivity index (χ0v) is 18.7. The third-order valence-corrected chi connectivity index (χ3v) is 6.82. The number of ether oxygens (including phenoxy) is 1. The van der Waals surface area contributed by atoms with Crippen LogP contribution in [0.4, 0.5) is 10.1 Å². The molecule has 6 rings (SSSR count). The summed E-state index contributed by atoms with van der Waals surface area (Å²) in [5.41, 5.74) is 0.732. The van der Waals surface area contributed by atoms with Crippen LogP contribution in [-0.2, 0) is 16.8 Å². The van der Waals surface area contributed by atoms with Gasteiger partial charge < -0.3 is 14.9 Å². The average molecular weight is 467 g/mol. The van der Waals surface area contributed by atoms with Gasteiger partial charge in [0.1, 0.15) is 17.3 Å². The van der Waals surface area contributed by atoms with Gasteiger partial charge >= 0.3 is 0 Å². The van der Waals surface area contributed by atoms with Crippen molar-refractivity contribution in [1.82, 2.24) is 0 Å². The number of aromatic hydroxyl groups is 1. The molecular formula is C29H22FNO4. The van der Waals surface area contributed by atoms with E-state index < -0.39 is 23.4 Å². The number of phenols is 1. The van der Waals surface area contributed by atoms with Gasteiger partial charge in [-0.3, -0.25) is 9.69 Å². The van der Waals surface area contributed by atoms with Crippen molar-refractivity contribution < 1.29 is 24.1 Å². The average Bonchev–Trinajstić information content (AvgIpc) is 3.41. The van der Waals surface area contributed by atoms with Gasteiger partial charge in [0.2, 0.25) is 0 Å². The van der Waals surface area contributed by atoms with E-state index in [1.165, 1.54) is 29.2 Å². The summed E-state index contributed by atoms with van der Waals surface area (Å²) in [6.07, 6.45) is 0.601. The zero-order valence-electron chi connectivity index (χ0n) is 18.7. The molecule has 2 aliphatic rings. The van der Waals surface area contributed by atoms with E-state index in [0.29, 0.717) is 18.8 Å². The van der Waals surface area contributed by atoms with E-state index >= 15 is 0 Å². The molecule has 2 N–H and O–H groups in total. The molecule has 0 aromatic heterocycles. The molecule has 6 heteroatoms. The van der Waals surface area contributed by atoms with Gasteiger partial charge in [-0.2, -0.15) is 0 Å². The van der Waals surface area contributed by atoms with Crippen molar-refractivity contribution in [2.75, 3.05) is 11.5 Å². The first-order valence-corrected chi connectivity index (χ1v) is 11.4. The van der Waals surface area contributed by atoms with Crippen LogP contribution >= 0.6 is 0 Å². The molecule has 0 bridgehead atoms. The summed E-state index contributed by atoms with van der Waals surface area (Å²) in [5, 5.41) is 23.0.